The molecule has 2 aromatic heterocycles. The minimum Gasteiger partial charge on any atom is -0.321 e. The maximum absolute atomic E-state index is 4.49. The highest BCUT2D eigenvalue weighted by atomic mass is 33.1. The molecule has 0 fully saturated rings. The summed E-state index contributed by atoms with van der Waals surface area (Å²) < 4.78 is 4.33. The molecule has 0 radical (unpaired) electrons. The Bertz CT molecular complexity index is 868. The molecule has 130 valence electrons. The molecule has 0 saturated heterocycles. The van der Waals surface area contributed by atoms with E-state index in [2.05, 4.69) is 67.6 Å². The van der Waals surface area contributed by atoms with Gasteiger partial charge in [0.05, 0.1) is 0 Å². The van der Waals surface area contributed by atoms with Crippen LogP contribution in [0.1, 0.15) is 11.1 Å². The Balaban J connectivity index is 1.43. The number of hydrogen-bond acceptors (Lipinski definition) is 4. The van der Waals surface area contributed by atoms with Gasteiger partial charge in [-0.3, -0.25) is 0 Å². The lowest BCUT2D eigenvalue weighted by Gasteiger charge is -2.09. The highest BCUT2D eigenvalue weighted by molar-refractivity contribution is 8.76. The van der Waals surface area contributed by atoms with Crippen LogP contribution in [-0.4, -0.2) is 19.1 Å². The Morgan fingerprint density at radius 3 is 1.46 bits per heavy atom. The molecule has 4 aromatic rings. The van der Waals surface area contributed by atoms with Crippen LogP contribution in [0.4, 0.5) is 0 Å². The highest BCUT2D eigenvalue weighted by Crippen LogP contribution is 2.35. The van der Waals surface area contributed by atoms with Crippen molar-refractivity contribution in [1.82, 2.24) is 19.1 Å². The van der Waals surface area contributed by atoms with Crippen LogP contribution in [0.3, 0.4) is 0 Å². The molecule has 0 N–H and O–H groups in total. The Hall–Kier alpha value is -2.44. The number of benzene rings is 2. The van der Waals surface area contributed by atoms with E-state index in [0.717, 1.165) is 23.4 Å². The van der Waals surface area contributed by atoms with Crippen molar-refractivity contribution < 1.29 is 0 Å². The van der Waals surface area contributed by atoms with Crippen LogP contribution in [-0.2, 0) is 13.1 Å². The van der Waals surface area contributed by atoms with Crippen LogP contribution in [0, 0.1) is 0 Å². The Morgan fingerprint density at radius 1 is 0.615 bits per heavy atom. The maximum atomic E-state index is 4.49. The first-order chi connectivity index (χ1) is 12.9. The lowest BCUT2D eigenvalue weighted by molar-refractivity contribution is 0.707. The average Bonchev–Trinajstić information content (AvgIpc) is 3.31. The van der Waals surface area contributed by atoms with Crippen LogP contribution in [0.15, 0.2) is 95.8 Å². The third-order valence-corrected chi connectivity index (χ3v) is 6.14. The summed E-state index contributed by atoms with van der Waals surface area (Å²) in [6.07, 6.45) is 7.74. The van der Waals surface area contributed by atoms with Crippen molar-refractivity contribution in [3.63, 3.8) is 0 Å². The molecule has 0 aliphatic rings. The van der Waals surface area contributed by atoms with Crippen molar-refractivity contribution in [2.24, 2.45) is 0 Å². The molecule has 0 aliphatic heterocycles. The zero-order valence-electron chi connectivity index (χ0n) is 14.1. The summed E-state index contributed by atoms with van der Waals surface area (Å²) in [6, 6.07) is 20.9. The number of hydrogen-bond donors (Lipinski definition) is 0. The first kappa shape index (κ1) is 17.0. The molecule has 6 heteroatoms. The van der Waals surface area contributed by atoms with E-state index < -0.39 is 0 Å². The monoisotopic (exact) mass is 378 g/mol. The van der Waals surface area contributed by atoms with E-state index in [1.54, 1.807) is 21.6 Å². The van der Waals surface area contributed by atoms with Gasteiger partial charge >= 0.3 is 0 Å². The quantitative estimate of drug-likeness (QED) is 0.425. The molecular formula is C20H18N4S2. The zero-order chi connectivity index (χ0) is 17.6. The lowest BCUT2D eigenvalue weighted by atomic mass is 10.2. The Morgan fingerprint density at radius 2 is 1.04 bits per heavy atom. The third kappa shape index (κ3) is 4.20. The van der Waals surface area contributed by atoms with Gasteiger partial charge in [0.15, 0.2) is 10.3 Å². The van der Waals surface area contributed by atoms with Gasteiger partial charge in [0.1, 0.15) is 0 Å². The fourth-order valence-corrected chi connectivity index (χ4v) is 4.72. The molecule has 0 spiro atoms. The predicted octanol–water partition coefficient (Wildman–Crippen LogP) is 4.98. The normalized spacial score (nSPS) is 10.9. The van der Waals surface area contributed by atoms with Crippen molar-refractivity contribution in [1.29, 1.82) is 0 Å². The molecule has 0 unspecified atom stereocenters. The summed E-state index contributed by atoms with van der Waals surface area (Å²) in [5.41, 5.74) is 2.53. The van der Waals surface area contributed by atoms with Crippen molar-refractivity contribution in [2.75, 3.05) is 0 Å². The predicted molar refractivity (Wildman–Crippen MR) is 107 cm³/mol. The van der Waals surface area contributed by atoms with Crippen LogP contribution in [0.2, 0.25) is 0 Å². The summed E-state index contributed by atoms with van der Waals surface area (Å²) in [6.45, 7) is 1.64. The van der Waals surface area contributed by atoms with Gasteiger partial charge in [0.2, 0.25) is 0 Å². The van der Waals surface area contributed by atoms with Gasteiger partial charge < -0.3 is 9.13 Å². The molecule has 2 heterocycles. The van der Waals surface area contributed by atoms with Gasteiger partial charge in [0, 0.05) is 37.9 Å². The fourth-order valence-electron chi connectivity index (χ4n) is 2.65. The van der Waals surface area contributed by atoms with Gasteiger partial charge in [-0.2, -0.15) is 0 Å². The molecule has 0 saturated carbocycles. The first-order valence-corrected chi connectivity index (χ1v) is 10.5. The van der Waals surface area contributed by atoms with E-state index in [4.69, 9.17) is 0 Å². The average molecular weight is 379 g/mol. The standard InChI is InChI=1S/C20H18N4S2/c1-3-7-17(8-4-1)15-23-13-11-21-19(23)25-26-20-22-12-14-24(20)16-18-9-5-2-6-10-18/h1-14H,15-16H2. The third-order valence-electron chi connectivity index (χ3n) is 3.94. The smallest absolute Gasteiger partial charge is 0.179 e. The minimum atomic E-state index is 0.822. The second kappa shape index (κ2) is 8.29. The summed E-state index contributed by atoms with van der Waals surface area (Å²) in [5.74, 6) is 0. The van der Waals surface area contributed by atoms with E-state index in [9.17, 15) is 0 Å². The molecule has 0 atom stereocenters. The van der Waals surface area contributed by atoms with E-state index >= 15 is 0 Å². The van der Waals surface area contributed by atoms with Gasteiger partial charge in [-0.15, -0.1) is 0 Å². The van der Waals surface area contributed by atoms with Crippen molar-refractivity contribution in [3.8, 4) is 0 Å². The molecule has 26 heavy (non-hydrogen) atoms. The highest BCUT2D eigenvalue weighted by Gasteiger charge is 2.10. The SMILES string of the molecule is c1ccc(Cn2ccnc2SSc2nccn2Cc2ccccc2)cc1. The largest absolute Gasteiger partial charge is 0.321 e. The van der Waals surface area contributed by atoms with E-state index in [0.29, 0.717) is 0 Å². The molecule has 0 aliphatic carbocycles. The van der Waals surface area contributed by atoms with Crippen molar-refractivity contribution in [2.45, 2.75) is 23.4 Å². The van der Waals surface area contributed by atoms with E-state index in [-0.39, 0.29) is 0 Å². The van der Waals surface area contributed by atoms with E-state index in [1.807, 2.05) is 36.9 Å². The fraction of sp³-hybridized carbons (Fsp3) is 0.100. The Labute approximate surface area is 160 Å². The molecule has 4 nitrogen and oxygen atoms in total. The van der Waals surface area contributed by atoms with Crippen LogP contribution >= 0.6 is 21.6 Å². The topological polar surface area (TPSA) is 35.6 Å². The maximum Gasteiger partial charge on any atom is 0.179 e. The summed E-state index contributed by atoms with van der Waals surface area (Å²) in [5, 5.41) is 1.96. The second-order valence-corrected chi connectivity index (χ2v) is 7.88. The first-order valence-electron chi connectivity index (χ1n) is 8.33. The van der Waals surface area contributed by atoms with Gasteiger partial charge in [-0.05, 0) is 32.7 Å². The summed E-state index contributed by atoms with van der Waals surface area (Å²) >= 11 is 0. The minimum absolute atomic E-state index is 0.822. The summed E-state index contributed by atoms with van der Waals surface area (Å²) in [7, 11) is 3.28. The number of aromatic nitrogens is 4. The molecular weight excluding hydrogens is 360 g/mol. The van der Waals surface area contributed by atoms with Gasteiger partial charge in [-0.1, -0.05) is 60.7 Å². The lowest BCUT2D eigenvalue weighted by Crippen LogP contribution is -2.01. The summed E-state index contributed by atoms with van der Waals surface area (Å²) in [4.78, 5) is 8.99. The Kier molecular flexibility index (Phi) is 5.42. The van der Waals surface area contributed by atoms with Crippen molar-refractivity contribution in [3.05, 3.63) is 96.6 Å². The van der Waals surface area contributed by atoms with Crippen LogP contribution in [0.5, 0.6) is 0 Å². The molecule has 0 amide bonds. The van der Waals surface area contributed by atoms with Gasteiger partial charge in [-0.25, -0.2) is 9.97 Å². The zero-order valence-corrected chi connectivity index (χ0v) is 15.7. The van der Waals surface area contributed by atoms with Crippen molar-refractivity contribution >= 4 is 21.6 Å². The number of nitrogens with zero attached hydrogens (tertiary/aromatic N) is 4. The van der Waals surface area contributed by atoms with Gasteiger partial charge in [0.25, 0.3) is 0 Å². The second-order valence-electron chi connectivity index (χ2n) is 5.81. The molecule has 2 aromatic carbocycles. The van der Waals surface area contributed by atoms with Crippen LogP contribution < -0.4 is 0 Å². The van der Waals surface area contributed by atoms with E-state index in [1.165, 1.54) is 11.1 Å². The van der Waals surface area contributed by atoms with Crippen LogP contribution in [0.25, 0.3) is 0 Å². The number of imidazole rings is 2. The molecule has 0 bridgehead atoms. The number of rotatable bonds is 7. The molecule has 4 rings (SSSR count).